The van der Waals surface area contributed by atoms with Crippen molar-refractivity contribution in [2.45, 2.75) is 13.0 Å². The molecule has 0 aliphatic carbocycles. The van der Waals surface area contributed by atoms with Gasteiger partial charge in [-0.05, 0) is 31.2 Å². The Kier molecular flexibility index (Phi) is 9.72. The third-order valence-corrected chi connectivity index (χ3v) is 2.30. The number of nitrogens with two attached hydrogens (primary N) is 1. The maximum atomic E-state index is 12.7. The molecule has 1 atom stereocenters. The van der Waals surface area contributed by atoms with Crippen LogP contribution in [0.4, 0.5) is 4.39 Å². The third-order valence-electron chi connectivity index (χ3n) is 2.30. The molecule has 0 fully saturated rings. The molecule has 0 amide bonds. The molecule has 118 valence electrons. The summed E-state index contributed by atoms with van der Waals surface area (Å²) in [7, 11) is 0. The van der Waals surface area contributed by atoms with Crippen LogP contribution in [0.5, 0.6) is 5.75 Å². The molecule has 0 bridgehead atoms. The Bertz CT molecular complexity index is 466. The summed E-state index contributed by atoms with van der Waals surface area (Å²) in [5.74, 6) is 0.399. The highest BCUT2D eigenvalue weighted by molar-refractivity contribution is 14.0. The zero-order valence-electron chi connectivity index (χ0n) is 11.9. The summed E-state index contributed by atoms with van der Waals surface area (Å²) >= 11 is 0. The van der Waals surface area contributed by atoms with Crippen LogP contribution >= 0.6 is 24.0 Å². The molecule has 0 heterocycles. The highest BCUT2D eigenvalue weighted by Gasteiger charge is 2.05. The van der Waals surface area contributed by atoms with E-state index in [9.17, 15) is 9.50 Å². The van der Waals surface area contributed by atoms with Gasteiger partial charge in [0.1, 0.15) is 24.3 Å². The smallest absolute Gasteiger partial charge is 0.188 e. The first-order valence-corrected chi connectivity index (χ1v) is 6.22. The number of hydrogen-bond acceptors (Lipinski definition) is 3. The maximum Gasteiger partial charge on any atom is 0.188 e. The van der Waals surface area contributed by atoms with Crippen LogP contribution in [0.25, 0.3) is 0 Å². The highest BCUT2D eigenvalue weighted by Crippen LogP contribution is 2.11. The van der Waals surface area contributed by atoms with Gasteiger partial charge in [0.2, 0.25) is 0 Å². The van der Waals surface area contributed by atoms with Gasteiger partial charge in [-0.2, -0.15) is 0 Å². The Balaban J connectivity index is 0.00000400. The molecule has 0 saturated carbocycles. The van der Waals surface area contributed by atoms with Crippen molar-refractivity contribution in [2.75, 3.05) is 19.7 Å². The first-order chi connectivity index (χ1) is 9.47. The molecular weight excluding hydrogens is 388 g/mol. The first kappa shape index (κ1) is 19.7. The van der Waals surface area contributed by atoms with Crippen LogP contribution < -0.4 is 15.8 Å². The topological polar surface area (TPSA) is 79.9 Å². The molecule has 0 spiro atoms. The summed E-state index contributed by atoms with van der Waals surface area (Å²) in [6.07, 6.45) is -0.787. The number of aliphatic hydroxyl groups is 1. The average molecular weight is 409 g/mol. The molecule has 0 saturated heterocycles. The maximum absolute atomic E-state index is 12.7. The van der Waals surface area contributed by atoms with Gasteiger partial charge in [-0.15, -0.1) is 24.0 Å². The zero-order chi connectivity index (χ0) is 15.0. The van der Waals surface area contributed by atoms with E-state index < -0.39 is 6.10 Å². The minimum Gasteiger partial charge on any atom is -0.491 e. The van der Waals surface area contributed by atoms with Crippen molar-refractivity contribution < 1.29 is 14.2 Å². The van der Waals surface area contributed by atoms with E-state index in [4.69, 9.17) is 10.5 Å². The van der Waals surface area contributed by atoms with E-state index in [0.717, 1.165) is 5.57 Å². The number of ether oxygens (including phenoxy) is 1. The summed E-state index contributed by atoms with van der Waals surface area (Å²) in [6.45, 7) is 6.31. The van der Waals surface area contributed by atoms with Crippen LogP contribution in [0.2, 0.25) is 0 Å². The van der Waals surface area contributed by atoms with Crippen molar-refractivity contribution in [2.24, 2.45) is 10.7 Å². The van der Waals surface area contributed by atoms with Crippen LogP contribution in [0.3, 0.4) is 0 Å². The second kappa shape index (κ2) is 10.4. The standard InChI is InChI=1S/C14H20FN3O2.HI/c1-10(2)7-17-14(16)18-8-12(19)9-20-13-5-3-11(15)4-6-13;/h3-6,12,19H,1,7-9H2,2H3,(H3,16,17,18);1H. The van der Waals surface area contributed by atoms with Gasteiger partial charge in [0.05, 0.1) is 6.54 Å². The van der Waals surface area contributed by atoms with Crippen molar-refractivity contribution >= 4 is 29.9 Å². The number of nitrogens with zero attached hydrogens (tertiary/aromatic N) is 1. The monoisotopic (exact) mass is 409 g/mol. The van der Waals surface area contributed by atoms with Crippen LogP contribution in [-0.2, 0) is 0 Å². The van der Waals surface area contributed by atoms with Crippen molar-refractivity contribution in [3.8, 4) is 5.75 Å². The molecule has 0 aliphatic heterocycles. The van der Waals surface area contributed by atoms with Crippen molar-refractivity contribution in [1.29, 1.82) is 0 Å². The average Bonchev–Trinajstić information content (AvgIpc) is 2.42. The first-order valence-electron chi connectivity index (χ1n) is 6.22. The van der Waals surface area contributed by atoms with Gasteiger partial charge in [-0.1, -0.05) is 12.2 Å². The van der Waals surface area contributed by atoms with Gasteiger partial charge >= 0.3 is 0 Å². The summed E-state index contributed by atoms with van der Waals surface area (Å²) in [5, 5.41) is 12.5. The van der Waals surface area contributed by atoms with Crippen LogP contribution in [0.15, 0.2) is 41.4 Å². The van der Waals surface area contributed by atoms with Gasteiger partial charge in [0.15, 0.2) is 5.96 Å². The minimum atomic E-state index is -0.787. The summed E-state index contributed by atoms with van der Waals surface area (Å²) < 4.78 is 18.0. The number of hydrogen-bond donors (Lipinski definition) is 3. The predicted octanol–water partition coefficient (Wildman–Crippen LogP) is 1.66. The molecule has 21 heavy (non-hydrogen) atoms. The lowest BCUT2D eigenvalue weighted by Crippen LogP contribution is -2.34. The fourth-order valence-electron chi connectivity index (χ4n) is 1.28. The van der Waals surface area contributed by atoms with Crippen LogP contribution in [0.1, 0.15) is 6.92 Å². The van der Waals surface area contributed by atoms with Crippen molar-refractivity contribution in [1.82, 2.24) is 5.32 Å². The Hall–Kier alpha value is -1.35. The molecule has 5 nitrogen and oxygen atoms in total. The molecule has 4 N–H and O–H groups in total. The number of aliphatic imine (C=N–C) groups is 1. The Labute approximate surface area is 141 Å². The molecule has 0 aromatic heterocycles. The molecule has 1 unspecified atom stereocenters. The second-order valence-electron chi connectivity index (χ2n) is 4.46. The number of halogens is 2. The fraction of sp³-hybridized carbons (Fsp3) is 0.357. The van der Waals surface area contributed by atoms with Crippen molar-refractivity contribution in [3.05, 3.63) is 42.2 Å². The molecule has 0 radical (unpaired) electrons. The van der Waals surface area contributed by atoms with E-state index in [-0.39, 0.29) is 48.9 Å². The molecule has 7 heteroatoms. The molecule has 1 aromatic rings. The van der Waals surface area contributed by atoms with E-state index in [1.165, 1.54) is 24.3 Å². The van der Waals surface area contributed by atoms with Gasteiger partial charge in [0, 0.05) is 6.54 Å². The summed E-state index contributed by atoms with van der Waals surface area (Å²) in [5.41, 5.74) is 6.53. The van der Waals surface area contributed by atoms with Crippen molar-refractivity contribution in [3.63, 3.8) is 0 Å². The van der Waals surface area contributed by atoms with Gasteiger partial charge in [0.25, 0.3) is 0 Å². The van der Waals surface area contributed by atoms with E-state index in [0.29, 0.717) is 12.3 Å². The van der Waals surface area contributed by atoms with Crippen LogP contribution in [-0.4, -0.2) is 36.9 Å². The Morgan fingerprint density at radius 2 is 2.10 bits per heavy atom. The lowest BCUT2D eigenvalue weighted by molar-refractivity contribution is 0.114. The second-order valence-corrected chi connectivity index (χ2v) is 4.46. The van der Waals surface area contributed by atoms with Gasteiger partial charge in [-0.3, -0.25) is 4.99 Å². The minimum absolute atomic E-state index is 0. The van der Waals surface area contributed by atoms with Gasteiger partial charge < -0.3 is 20.9 Å². The van der Waals surface area contributed by atoms with E-state index in [1.807, 2.05) is 6.92 Å². The number of guanidine groups is 1. The number of benzene rings is 1. The quantitative estimate of drug-likeness (QED) is 0.277. The zero-order valence-corrected chi connectivity index (χ0v) is 14.2. The molecule has 1 rings (SSSR count). The fourth-order valence-corrected chi connectivity index (χ4v) is 1.28. The van der Waals surface area contributed by atoms with Gasteiger partial charge in [-0.25, -0.2) is 4.39 Å². The highest BCUT2D eigenvalue weighted by atomic mass is 127. The van der Waals surface area contributed by atoms with E-state index in [2.05, 4.69) is 16.9 Å². The lowest BCUT2D eigenvalue weighted by Gasteiger charge is -2.11. The number of aliphatic hydroxyl groups excluding tert-OH is 1. The summed E-state index contributed by atoms with van der Waals surface area (Å²) in [4.78, 5) is 3.97. The molecular formula is C14H21FIN3O2. The predicted molar refractivity (Wildman–Crippen MR) is 92.6 cm³/mol. The molecule has 1 aromatic carbocycles. The Morgan fingerprint density at radius 1 is 1.48 bits per heavy atom. The summed E-state index contributed by atoms with van der Waals surface area (Å²) in [6, 6.07) is 5.57. The van der Waals surface area contributed by atoms with E-state index in [1.54, 1.807) is 0 Å². The number of rotatable bonds is 7. The molecule has 0 aliphatic rings. The SMILES string of the molecule is C=C(C)CNC(N)=NCC(O)COc1ccc(F)cc1.I. The van der Waals surface area contributed by atoms with Crippen LogP contribution in [0, 0.1) is 5.82 Å². The number of nitrogens with one attached hydrogen (secondary N) is 1. The lowest BCUT2D eigenvalue weighted by atomic mass is 10.3. The van der Waals surface area contributed by atoms with E-state index >= 15 is 0 Å². The third kappa shape index (κ3) is 9.24. The largest absolute Gasteiger partial charge is 0.491 e. The Morgan fingerprint density at radius 3 is 2.67 bits per heavy atom. The normalized spacial score (nSPS) is 12.2.